The van der Waals surface area contributed by atoms with Crippen molar-refractivity contribution in [3.8, 4) is 0 Å². The third-order valence-corrected chi connectivity index (χ3v) is 4.71. The molecule has 25 heavy (non-hydrogen) atoms. The Morgan fingerprint density at radius 1 is 1.32 bits per heavy atom. The molecule has 2 aromatic rings. The van der Waals surface area contributed by atoms with E-state index in [4.69, 9.17) is 0 Å². The molecule has 0 bridgehead atoms. The summed E-state index contributed by atoms with van der Waals surface area (Å²) in [7, 11) is 3.84. The molecular formula is C19H28IN5. The zero-order valence-electron chi connectivity index (χ0n) is 15.3. The van der Waals surface area contributed by atoms with Crippen molar-refractivity contribution >= 4 is 29.9 Å². The van der Waals surface area contributed by atoms with Crippen molar-refractivity contribution in [3.05, 3.63) is 53.3 Å². The second-order valence-corrected chi connectivity index (χ2v) is 6.59. The zero-order valence-corrected chi connectivity index (χ0v) is 17.6. The van der Waals surface area contributed by atoms with Gasteiger partial charge < -0.3 is 10.2 Å². The zero-order chi connectivity index (χ0) is 16.9. The van der Waals surface area contributed by atoms with Gasteiger partial charge in [0.1, 0.15) is 0 Å². The highest BCUT2D eigenvalue weighted by atomic mass is 127. The molecule has 1 atom stereocenters. The minimum atomic E-state index is 0. The maximum atomic E-state index is 4.46. The van der Waals surface area contributed by atoms with Crippen LogP contribution in [0.25, 0.3) is 0 Å². The van der Waals surface area contributed by atoms with E-state index in [9.17, 15) is 0 Å². The molecule has 1 aliphatic heterocycles. The summed E-state index contributed by atoms with van der Waals surface area (Å²) < 4.78 is 1.88. The smallest absolute Gasteiger partial charge is 0.193 e. The fourth-order valence-corrected chi connectivity index (χ4v) is 3.28. The molecule has 1 aromatic carbocycles. The number of hydrogen-bond acceptors (Lipinski definition) is 2. The molecule has 1 unspecified atom stereocenters. The predicted octanol–water partition coefficient (Wildman–Crippen LogP) is 2.95. The first kappa shape index (κ1) is 19.8. The van der Waals surface area contributed by atoms with Crippen LogP contribution >= 0.6 is 24.0 Å². The maximum absolute atomic E-state index is 4.46. The Morgan fingerprint density at radius 2 is 2.08 bits per heavy atom. The number of benzene rings is 1. The highest BCUT2D eigenvalue weighted by Gasteiger charge is 2.26. The summed E-state index contributed by atoms with van der Waals surface area (Å²) in [6.45, 7) is 5.08. The van der Waals surface area contributed by atoms with E-state index in [1.807, 2.05) is 25.0 Å². The Morgan fingerprint density at radius 3 is 2.72 bits per heavy atom. The Kier molecular flexibility index (Phi) is 7.28. The van der Waals surface area contributed by atoms with Gasteiger partial charge in [-0.15, -0.1) is 24.0 Å². The Hall–Kier alpha value is -1.57. The minimum Gasteiger partial charge on any atom is -0.356 e. The van der Waals surface area contributed by atoms with Crippen LogP contribution in [0.1, 0.15) is 29.0 Å². The third-order valence-electron chi connectivity index (χ3n) is 4.71. The van der Waals surface area contributed by atoms with Crippen LogP contribution in [0, 0.1) is 6.92 Å². The lowest BCUT2D eigenvalue weighted by Crippen LogP contribution is -2.40. The molecule has 1 aromatic heterocycles. The van der Waals surface area contributed by atoms with Crippen molar-refractivity contribution < 1.29 is 0 Å². The van der Waals surface area contributed by atoms with E-state index >= 15 is 0 Å². The molecule has 1 fully saturated rings. The molecular weight excluding hydrogens is 425 g/mol. The molecule has 0 radical (unpaired) electrons. The van der Waals surface area contributed by atoms with Crippen molar-refractivity contribution in [2.24, 2.45) is 12.0 Å². The summed E-state index contributed by atoms with van der Waals surface area (Å²) in [4.78, 5) is 6.81. The Bertz CT molecular complexity index is 692. The molecule has 3 rings (SSSR count). The summed E-state index contributed by atoms with van der Waals surface area (Å²) in [6.07, 6.45) is 6.28. The van der Waals surface area contributed by atoms with Crippen LogP contribution < -0.4 is 5.32 Å². The summed E-state index contributed by atoms with van der Waals surface area (Å²) in [5.74, 6) is 1.56. The summed E-state index contributed by atoms with van der Waals surface area (Å²) in [5, 5.41) is 7.80. The highest BCUT2D eigenvalue weighted by molar-refractivity contribution is 14.0. The predicted molar refractivity (Wildman–Crippen MR) is 114 cm³/mol. The number of hydrogen-bond donors (Lipinski definition) is 1. The molecule has 0 saturated carbocycles. The topological polar surface area (TPSA) is 45.5 Å². The van der Waals surface area contributed by atoms with Gasteiger partial charge in [0.05, 0.1) is 6.20 Å². The molecule has 0 amide bonds. The first-order chi connectivity index (χ1) is 11.7. The standard InChI is InChI=1S/C19H27N5.HI/c1-15-4-6-16(7-5-15)8-10-21-19(20-2)24-11-9-17(14-24)18-12-22-23(3)13-18;/h4-7,12-13,17H,8-11,14H2,1-3H3,(H,20,21);1H. The number of aryl methyl sites for hydroxylation is 2. The van der Waals surface area contributed by atoms with E-state index in [0.717, 1.165) is 38.4 Å². The van der Waals surface area contributed by atoms with Crippen molar-refractivity contribution in [1.29, 1.82) is 0 Å². The number of halogens is 1. The number of likely N-dealkylation sites (tertiary alicyclic amines) is 1. The van der Waals surface area contributed by atoms with Gasteiger partial charge in [0, 0.05) is 45.8 Å². The Labute approximate surface area is 167 Å². The first-order valence-corrected chi connectivity index (χ1v) is 8.65. The second-order valence-electron chi connectivity index (χ2n) is 6.59. The molecule has 1 saturated heterocycles. The van der Waals surface area contributed by atoms with Crippen LogP contribution in [0.4, 0.5) is 0 Å². The van der Waals surface area contributed by atoms with Gasteiger partial charge in [0.15, 0.2) is 5.96 Å². The monoisotopic (exact) mass is 453 g/mol. The molecule has 136 valence electrons. The first-order valence-electron chi connectivity index (χ1n) is 8.65. The van der Waals surface area contributed by atoms with Gasteiger partial charge in [-0.3, -0.25) is 9.67 Å². The van der Waals surface area contributed by atoms with Gasteiger partial charge in [-0.05, 0) is 30.9 Å². The van der Waals surface area contributed by atoms with E-state index in [0.29, 0.717) is 5.92 Å². The fourth-order valence-electron chi connectivity index (χ4n) is 3.28. The summed E-state index contributed by atoms with van der Waals surface area (Å²) in [6, 6.07) is 8.74. The largest absolute Gasteiger partial charge is 0.356 e. The second kappa shape index (κ2) is 9.22. The lowest BCUT2D eigenvalue weighted by Gasteiger charge is -2.21. The number of aliphatic imine (C=N–C) groups is 1. The number of nitrogens with one attached hydrogen (secondary N) is 1. The third kappa shape index (κ3) is 5.20. The molecule has 0 spiro atoms. The van der Waals surface area contributed by atoms with Crippen LogP contribution in [-0.2, 0) is 13.5 Å². The average Bonchev–Trinajstić information content (AvgIpc) is 3.22. The van der Waals surface area contributed by atoms with Gasteiger partial charge >= 0.3 is 0 Å². The molecule has 0 aliphatic carbocycles. The molecule has 1 N–H and O–H groups in total. The van der Waals surface area contributed by atoms with E-state index in [-0.39, 0.29) is 24.0 Å². The molecule has 5 nitrogen and oxygen atoms in total. The number of guanidine groups is 1. The van der Waals surface area contributed by atoms with Crippen molar-refractivity contribution in [2.45, 2.75) is 25.7 Å². The van der Waals surface area contributed by atoms with Crippen molar-refractivity contribution in [3.63, 3.8) is 0 Å². The van der Waals surface area contributed by atoms with Gasteiger partial charge in [-0.1, -0.05) is 29.8 Å². The molecule has 1 aliphatic rings. The van der Waals surface area contributed by atoms with Crippen molar-refractivity contribution in [2.75, 3.05) is 26.7 Å². The van der Waals surface area contributed by atoms with Crippen LogP contribution in [0.15, 0.2) is 41.7 Å². The average molecular weight is 453 g/mol. The summed E-state index contributed by atoms with van der Waals surface area (Å²) >= 11 is 0. The lowest BCUT2D eigenvalue weighted by molar-refractivity contribution is 0.486. The van der Waals surface area contributed by atoms with Gasteiger partial charge in [0.2, 0.25) is 0 Å². The van der Waals surface area contributed by atoms with Gasteiger partial charge in [0.25, 0.3) is 0 Å². The minimum absolute atomic E-state index is 0. The van der Waals surface area contributed by atoms with E-state index < -0.39 is 0 Å². The highest BCUT2D eigenvalue weighted by Crippen LogP contribution is 2.26. The number of rotatable bonds is 4. The SMILES string of the molecule is CN=C(NCCc1ccc(C)cc1)N1CCC(c2cnn(C)c2)C1.I. The lowest BCUT2D eigenvalue weighted by atomic mass is 10.0. The van der Waals surface area contributed by atoms with E-state index in [1.54, 1.807) is 0 Å². The van der Waals surface area contributed by atoms with Gasteiger partial charge in [-0.2, -0.15) is 5.10 Å². The van der Waals surface area contributed by atoms with Crippen LogP contribution in [0.2, 0.25) is 0 Å². The quantitative estimate of drug-likeness (QED) is 0.440. The van der Waals surface area contributed by atoms with E-state index in [1.165, 1.54) is 16.7 Å². The van der Waals surface area contributed by atoms with Crippen LogP contribution in [0.3, 0.4) is 0 Å². The van der Waals surface area contributed by atoms with E-state index in [2.05, 4.69) is 57.7 Å². The fraction of sp³-hybridized carbons (Fsp3) is 0.474. The number of nitrogens with zero attached hydrogens (tertiary/aromatic N) is 4. The molecule has 6 heteroatoms. The number of aromatic nitrogens is 2. The van der Waals surface area contributed by atoms with Gasteiger partial charge in [-0.25, -0.2) is 0 Å². The van der Waals surface area contributed by atoms with Crippen LogP contribution in [-0.4, -0.2) is 47.3 Å². The normalized spacial score (nSPS) is 17.5. The van der Waals surface area contributed by atoms with Crippen LogP contribution in [0.5, 0.6) is 0 Å². The maximum Gasteiger partial charge on any atom is 0.193 e. The summed E-state index contributed by atoms with van der Waals surface area (Å²) in [5.41, 5.74) is 3.99. The van der Waals surface area contributed by atoms with Crippen molar-refractivity contribution in [1.82, 2.24) is 20.0 Å². The Balaban J connectivity index is 0.00000225. The molecule has 2 heterocycles.